The molecular weight excluding hydrogens is 242 g/mol. The van der Waals surface area contributed by atoms with Crippen molar-refractivity contribution < 1.29 is 4.79 Å². The third-order valence-electron chi connectivity index (χ3n) is 2.50. The molecule has 1 amide bonds. The van der Waals surface area contributed by atoms with Crippen molar-refractivity contribution >= 4 is 11.9 Å². The minimum Gasteiger partial charge on any atom is -0.364 e. The maximum absolute atomic E-state index is 11.6. The summed E-state index contributed by atoms with van der Waals surface area (Å²) < 4.78 is 0. The van der Waals surface area contributed by atoms with Gasteiger partial charge in [-0.2, -0.15) is 0 Å². The van der Waals surface area contributed by atoms with Crippen LogP contribution in [0.15, 0.2) is 23.3 Å². The number of nitrogens with one attached hydrogen (secondary N) is 3. The lowest BCUT2D eigenvalue weighted by atomic mass is 10.4. The van der Waals surface area contributed by atoms with E-state index in [4.69, 9.17) is 0 Å². The minimum atomic E-state index is -0.0376. The summed E-state index contributed by atoms with van der Waals surface area (Å²) in [7, 11) is 3.63. The first-order valence-electron chi connectivity index (χ1n) is 6.36. The molecule has 1 aromatic heterocycles. The summed E-state index contributed by atoms with van der Waals surface area (Å²) >= 11 is 0. The third-order valence-corrected chi connectivity index (χ3v) is 2.50. The first-order chi connectivity index (χ1) is 9.02. The van der Waals surface area contributed by atoms with E-state index in [1.54, 1.807) is 7.05 Å². The van der Waals surface area contributed by atoms with Crippen molar-refractivity contribution in [1.82, 2.24) is 20.5 Å². The van der Waals surface area contributed by atoms with E-state index in [2.05, 4.69) is 20.6 Å². The lowest BCUT2D eigenvalue weighted by Crippen LogP contribution is -2.45. The Morgan fingerprint density at radius 1 is 1.53 bits per heavy atom. The fourth-order valence-electron chi connectivity index (χ4n) is 1.71. The SMILES string of the molecule is CN=C(NCC(=O)NC(C)C)N(C)Cc1ccc[nH]1. The summed E-state index contributed by atoms with van der Waals surface area (Å²) in [5.41, 5.74) is 1.09. The Hall–Kier alpha value is -1.98. The second kappa shape index (κ2) is 7.45. The predicted molar refractivity (Wildman–Crippen MR) is 76.9 cm³/mol. The number of carbonyl (C=O) groups excluding carboxylic acids is 1. The highest BCUT2D eigenvalue weighted by Crippen LogP contribution is 1.99. The number of hydrogen-bond acceptors (Lipinski definition) is 2. The molecular formula is C13H23N5O. The van der Waals surface area contributed by atoms with Crippen LogP contribution in [-0.2, 0) is 11.3 Å². The molecule has 0 aliphatic heterocycles. The Morgan fingerprint density at radius 3 is 2.79 bits per heavy atom. The van der Waals surface area contributed by atoms with Gasteiger partial charge in [0.05, 0.1) is 13.1 Å². The molecule has 3 N–H and O–H groups in total. The Bertz CT molecular complexity index is 411. The predicted octanol–water partition coefficient (Wildman–Crippen LogP) is 0.547. The van der Waals surface area contributed by atoms with Crippen molar-refractivity contribution in [3.05, 3.63) is 24.0 Å². The summed E-state index contributed by atoms with van der Waals surface area (Å²) in [6, 6.07) is 4.11. The lowest BCUT2D eigenvalue weighted by molar-refractivity contribution is -0.120. The van der Waals surface area contributed by atoms with E-state index >= 15 is 0 Å². The molecule has 0 aromatic carbocycles. The molecule has 1 heterocycles. The maximum Gasteiger partial charge on any atom is 0.239 e. The second-order valence-electron chi connectivity index (χ2n) is 4.67. The largest absolute Gasteiger partial charge is 0.364 e. The van der Waals surface area contributed by atoms with Gasteiger partial charge in [0, 0.05) is 32.0 Å². The molecule has 0 bridgehead atoms. The third kappa shape index (κ3) is 5.46. The zero-order chi connectivity index (χ0) is 14.3. The number of rotatable bonds is 5. The van der Waals surface area contributed by atoms with Crippen LogP contribution in [0.2, 0.25) is 0 Å². The van der Waals surface area contributed by atoms with Crippen LogP contribution in [0, 0.1) is 0 Å². The fraction of sp³-hybridized carbons (Fsp3) is 0.538. The number of amides is 1. The van der Waals surface area contributed by atoms with Crippen molar-refractivity contribution in [2.45, 2.75) is 26.4 Å². The summed E-state index contributed by atoms with van der Waals surface area (Å²) in [4.78, 5) is 20.8. The minimum absolute atomic E-state index is 0.0376. The molecule has 0 fully saturated rings. The molecule has 1 aromatic rings. The van der Waals surface area contributed by atoms with Crippen molar-refractivity contribution in [2.24, 2.45) is 4.99 Å². The zero-order valence-corrected chi connectivity index (χ0v) is 12.0. The van der Waals surface area contributed by atoms with Gasteiger partial charge in [-0.15, -0.1) is 0 Å². The summed E-state index contributed by atoms with van der Waals surface area (Å²) in [5, 5.41) is 5.86. The Balaban J connectivity index is 2.43. The normalized spacial score (nSPS) is 11.5. The van der Waals surface area contributed by atoms with E-state index in [1.165, 1.54) is 0 Å². The number of aromatic nitrogens is 1. The van der Waals surface area contributed by atoms with E-state index in [0.29, 0.717) is 12.5 Å². The van der Waals surface area contributed by atoms with Crippen LogP contribution in [-0.4, -0.2) is 48.4 Å². The topological polar surface area (TPSA) is 72.5 Å². The molecule has 0 saturated carbocycles. The molecule has 0 atom stereocenters. The Morgan fingerprint density at radius 2 is 2.26 bits per heavy atom. The molecule has 19 heavy (non-hydrogen) atoms. The van der Waals surface area contributed by atoms with Gasteiger partial charge in [0.1, 0.15) is 0 Å². The number of guanidine groups is 1. The standard InChI is InChI=1S/C13H23N5O/c1-10(2)17-12(19)8-16-13(14-3)18(4)9-11-6-5-7-15-11/h5-7,10,15H,8-9H2,1-4H3,(H,14,16)(H,17,19). The van der Waals surface area contributed by atoms with E-state index in [9.17, 15) is 4.79 Å². The van der Waals surface area contributed by atoms with E-state index in [0.717, 1.165) is 5.69 Å². The number of aromatic amines is 1. The van der Waals surface area contributed by atoms with Crippen LogP contribution in [0.4, 0.5) is 0 Å². The highest BCUT2D eigenvalue weighted by molar-refractivity contribution is 5.86. The average molecular weight is 265 g/mol. The van der Waals surface area contributed by atoms with E-state index in [-0.39, 0.29) is 18.5 Å². The molecule has 0 unspecified atom stereocenters. The van der Waals surface area contributed by atoms with Crippen molar-refractivity contribution in [3.8, 4) is 0 Å². The first kappa shape index (κ1) is 15.1. The molecule has 106 valence electrons. The van der Waals surface area contributed by atoms with Crippen molar-refractivity contribution in [1.29, 1.82) is 0 Å². The summed E-state index contributed by atoms with van der Waals surface area (Å²) in [5.74, 6) is 0.651. The van der Waals surface area contributed by atoms with Gasteiger partial charge in [-0.25, -0.2) is 0 Å². The average Bonchev–Trinajstić information content (AvgIpc) is 2.81. The van der Waals surface area contributed by atoms with E-state index in [1.807, 2.05) is 44.1 Å². The van der Waals surface area contributed by atoms with Gasteiger partial charge < -0.3 is 20.5 Å². The molecule has 0 saturated heterocycles. The first-order valence-corrected chi connectivity index (χ1v) is 6.36. The molecule has 0 spiro atoms. The van der Waals surface area contributed by atoms with Gasteiger partial charge in [-0.05, 0) is 26.0 Å². The smallest absolute Gasteiger partial charge is 0.239 e. The van der Waals surface area contributed by atoms with E-state index < -0.39 is 0 Å². The molecule has 0 radical (unpaired) electrons. The second-order valence-corrected chi connectivity index (χ2v) is 4.67. The van der Waals surface area contributed by atoms with Crippen LogP contribution in [0.3, 0.4) is 0 Å². The Kier molecular flexibility index (Phi) is 5.92. The quantitative estimate of drug-likeness (QED) is 0.537. The monoisotopic (exact) mass is 265 g/mol. The number of nitrogens with zero attached hydrogens (tertiary/aromatic N) is 2. The van der Waals surface area contributed by atoms with Gasteiger partial charge in [0.25, 0.3) is 0 Å². The van der Waals surface area contributed by atoms with Crippen LogP contribution in [0.25, 0.3) is 0 Å². The zero-order valence-electron chi connectivity index (χ0n) is 12.0. The highest BCUT2D eigenvalue weighted by Gasteiger charge is 2.09. The molecule has 0 aliphatic rings. The number of carbonyl (C=O) groups is 1. The van der Waals surface area contributed by atoms with Gasteiger partial charge in [0.2, 0.25) is 5.91 Å². The highest BCUT2D eigenvalue weighted by atomic mass is 16.2. The van der Waals surface area contributed by atoms with Crippen molar-refractivity contribution in [2.75, 3.05) is 20.6 Å². The number of aliphatic imine (C=N–C) groups is 1. The van der Waals surface area contributed by atoms with Gasteiger partial charge >= 0.3 is 0 Å². The van der Waals surface area contributed by atoms with Gasteiger partial charge in [0.15, 0.2) is 5.96 Å². The van der Waals surface area contributed by atoms with Crippen LogP contribution in [0.1, 0.15) is 19.5 Å². The molecule has 1 rings (SSSR count). The number of H-pyrrole nitrogens is 1. The van der Waals surface area contributed by atoms with Gasteiger partial charge in [-0.3, -0.25) is 9.79 Å². The fourth-order valence-corrected chi connectivity index (χ4v) is 1.71. The van der Waals surface area contributed by atoms with Crippen LogP contribution < -0.4 is 10.6 Å². The lowest BCUT2D eigenvalue weighted by Gasteiger charge is -2.21. The summed E-state index contributed by atoms with van der Waals surface area (Å²) in [6.07, 6.45) is 1.88. The van der Waals surface area contributed by atoms with Crippen LogP contribution in [0.5, 0.6) is 0 Å². The maximum atomic E-state index is 11.6. The molecule has 6 heteroatoms. The summed E-state index contributed by atoms with van der Waals surface area (Å²) in [6.45, 7) is 4.80. The molecule has 0 aliphatic carbocycles. The van der Waals surface area contributed by atoms with Crippen LogP contribution >= 0.6 is 0 Å². The Labute approximate surface area is 114 Å². The molecule has 6 nitrogen and oxygen atoms in total. The van der Waals surface area contributed by atoms with Gasteiger partial charge in [-0.1, -0.05) is 0 Å². The number of hydrogen-bond donors (Lipinski definition) is 3. The van der Waals surface area contributed by atoms with Crippen molar-refractivity contribution in [3.63, 3.8) is 0 Å².